The van der Waals surface area contributed by atoms with Crippen LogP contribution in [0.3, 0.4) is 0 Å². The van der Waals surface area contributed by atoms with Crippen molar-refractivity contribution in [1.29, 1.82) is 0 Å². The van der Waals surface area contributed by atoms with Gasteiger partial charge in [-0.2, -0.15) is 0 Å². The molecule has 2 N–H and O–H groups in total. The van der Waals surface area contributed by atoms with Gasteiger partial charge in [-0.25, -0.2) is 4.98 Å². The molecular weight excluding hydrogens is 192 g/mol. The predicted molar refractivity (Wildman–Crippen MR) is 58.4 cm³/mol. The lowest BCUT2D eigenvalue weighted by Gasteiger charge is -2.36. The minimum absolute atomic E-state index is 0.0694. The molecular formula is C11H16N2S. The molecule has 0 bridgehead atoms. The molecule has 0 saturated heterocycles. The topological polar surface area (TPSA) is 38.9 Å². The van der Waals surface area contributed by atoms with Crippen molar-refractivity contribution >= 4 is 11.3 Å². The van der Waals surface area contributed by atoms with E-state index in [1.807, 2.05) is 0 Å². The van der Waals surface area contributed by atoms with Crippen LogP contribution in [0.15, 0.2) is 5.38 Å². The van der Waals surface area contributed by atoms with E-state index in [1.165, 1.54) is 24.3 Å². The Morgan fingerprint density at radius 2 is 2.07 bits per heavy atom. The van der Waals surface area contributed by atoms with E-state index in [1.54, 1.807) is 11.3 Å². The number of hydrogen-bond donors (Lipinski definition) is 1. The summed E-state index contributed by atoms with van der Waals surface area (Å²) >= 11 is 1.80. The van der Waals surface area contributed by atoms with E-state index in [-0.39, 0.29) is 5.54 Å². The molecule has 0 atom stereocenters. The van der Waals surface area contributed by atoms with Gasteiger partial charge >= 0.3 is 0 Å². The number of thiazole rings is 1. The molecule has 1 heterocycles. The number of nitrogens with zero attached hydrogens (tertiary/aromatic N) is 1. The van der Waals surface area contributed by atoms with Crippen molar-refractivity contribution < 1.29 is 0 Å². The Hall–Kier alpha value is -0.410. The Kier molecular flexibility index (Phi) is 1.63. The largest absolute Gasteiger partial charge is 0.320 e. The molecule has 3 rings (SSSR count). The van der Waals surface area contributed by atoms with Crippen LogP contribution in [0.2, 0.25) is 0 Å². The fraction of sp³-hybridized carbons (Fsp3) is 0.727. The van der Waals surface area contributed by atoms with Crippen LogP contribution >= 0.6 is 11.3 Å². The van der Waals surface area contributed by atoms with Gasteiger partial charge in [0.1, 0.15) is 0 Å². The third-order valence-electron chi connectivity index (χ3n) is 3.78. The summed E-state index contributed by atoms with van der Waals surface area (Å²) in [5.41, 5.74) is 7.73. The summed E-state index contributed by atoms with van der Waals surface area (Å²) in [7, 11) is 0. The summed E-state index contributed by atoms with van der Waals surface area (Å²) in [5, 5.41) is 3.49. The van der Waals surface area contributed by atoms with Crippen LogP contribution < -0.4 is 5.73 Å². The molecule has 0 aliphatic heterocycles. The van der Waals surface area contributed by atoms with Crippen molar-refractivity contribution in [3.8, 4) is 0 Å². The summed E-state index contributed by atoms with van der Waals surface area (Å²) in [4.78, 5) is 4.73. The normalized spacial score (nSPS) is 27.0. The molecule has 2 aliphatic rings. The Labute approximate surface area is 88.5 Å². The highest BCUT2D eigenvalue weighted by Crippen LogP contribution is 2.50. The smallest absolute Gasteiger partial charge is 0.0988 e. The van der Waals surface area contributed by atoms with Crippen LogP contribution in [-0.4, -0.2) is 4.98 Å². The van der Waals surface area contributed by atoms with E-state index in [4.69, 9.17) is 10.7 Å². The van der Waals surface area contributed by atoms with E-state index >= 15 is 0 Å². The quantitative estimate of drug-likeness (QED) is 0.811. The van der Waals surface area contributed by atoms with Crippen molar-refractivity contribution in [2.75, 3.05) is 0 Å². The highest BCUT2D eigenvalue weighted by molar-refractivity contribution is 7.09. The molecule has 76 valence electrons. The molecule has 2 fully saturated rings. The zero-order valence-electron chi connectivity index (χ0n) is 8.55. The van der Waals surface area contributed by atoms with Crippen LogP contribution in [0, 0.1) is 0 Å². The van der Waals surface area contributed by atoms with E-state index in [2.05, 4.69) is 12.3 Å². The first-order valence-corrected chi connectivity index (χ1v) is 6.26. The molecule has 1 aromatic heterocycles. The highest BCUT2D eigenvalue weighted by Gasteiger charge is 2.44. The van der Waals surface area contributed by atoms with Gasteiger partial charge in [0.15, 0.2) is 0 Å². The number of rotatable bonds is 2. The second-order valence-electron chi connectivity index (χ2n) is 5.11. The number of hydrogen-bond acceptors (Lipinski definition) is 3. The summed E-state index contributed by atoms with van der Waals surface area (Å²) < 4.78 is 0. The zero-order chi connectivity index (χ0) is 9.81. The first-order chi connectivity index (χ1) is 6.62. The van der Waals surface area contributed by atoms with Crippen LogP contribution in [0.5, 0.6) is 0 Å². The molecule has 14 heavy (non-hydrogen) atoms. The maximum absolute atomic E-state index is 6.25. The van der Waals surface area contributed by atoms with E-state index in [0.717, 1.165) is 18.5 Å². The minimum atomic E-state index is -0.0694. The number of nitrogens with two attached hydrogens (primary N) is 1. The molecule has 0 aromatic carbocycles. The Morgan fingerprint density at radius 3 is 2.57 bits per heavy atom. The molecule has 3 heteroatoms. The fourth-order valence-electron chi connectivity index (χ4n) is 1.99. The molecule has 2 saturated carbocycles. The summed E-state index contributed by atoms with van der Waals surface area (Å²) in [5.74, 6) is 0. The lowest BCUT2D eigenvalue weighted by atomic mass is 9.76. The average molecular weight is 208 g/mol. The Balaban J connectivity index is 1.90. The van der Waals surface area contributed by atoms with Crippen molar-refractivity contribution in [2.45, 2.75) is 50.0 Å². The van der Waals surface area contributed by atoms with Gasteiger partial charge in [0, 0.05) is 10.8 Å². The molecule has 0 amide bonds. The van der Waals surface area contributed by atoms with Crippen molar-refractivity contribution in [3.63, 3.8) is 0 Å². The second kappa shape index (κ2) is 2.58. The molecule has 0 unspecified atom stereocenters. The van der Waals surface area contributed by atoms with Crippen LogP contribution in [0.1, 0.15) is 49.7 Å². The maximum Gasteiger partial charge on any atom is 0.0988 e. The summed E-state index contributed by atoms with van der Waals surface area (Å²) in [6.07, 6.45) is 6.11. The first-order valence-electron chi connectivity index (χ1n) is 5.38. The minimum Gasteiger partial charge on any atom is -0.320 e. The fourth-order valence-corrected chi connectivity index (χ4v) is 3.15. The van der Waals surface area contributed by atoms with Crippen LogP contribution in [-0.2, 0) is 11.0 Å². The first kappa shape index (κ1) is 8.86. The van der Waals surface area contributed by atoms with E-state index in [0.29, 0.717) is 5.41 Å². The van der Waals surface area contributed by atoms with E-state index < -0.39 is 0 Å². The molecule has 0 radical (unpaired) electrons. The van der Waals surface area contributed by atoms with Gasteiger partial charge in [-0.3, -0.25) is 0 Å². The van der Waals surface area contributed by atoms with Crippen molar-refractivity contribution in [2.24, 2.45) is 5.73 Å². The summed E-state index contributed by atoms with van der Waals surface area (Å²) in [6, 6.07) is 0. The van der Waals surface area contributed by atoms with Crippen molar-refractivity contribution in [1.82, 2.24) is 4.98 Å². The molecule has 0 spiro atoms. The van der Waals surface area contributed by atoms with Gasteiger partial charge in [-0.1, -0.05) is 6.92 Å². The van der Waals surface area contributed by atoms with Crippen LogP contribution in [0.25, 0.3) is 0 Å². The summed E-state index contributed by atoms with van der Waals surface area (Å²) in [6.45, 7) is 2.31. The second-order valence-corrected chi connectivity index (χ2v) is 5.97. The van der Waals surface area contributed by atoms with Gasteiger partial charge in [0.05, 0.1) is 16.2 Å². The van der Waals surface area contributed by atoms with Crippen LogP contribution in [0.4, 0.5) is 0 Å². The third kappa shape index (κ3) is 1.15. The Morgan fingerprint density at radius 1 is 1.36 bits per heavy atom. The van der Waals surface area contributed by atoms with Gasteiger partial charge < -0.3 is 5.73 Å². The zero-order valence-corrected chi connectivity index (χ0v) is 9.36. The predicted octanol–water partition coefficient (Wildman–Crippen LogP) is 2.53. The number of aromatic nitrogens is 1. The van der Waals surface area contributed by atoms with Gasteiger partial charge in [0.2, 0.25) is 0 Å². The monoisotopic (exact) mass is 208 g/mol. The third-order valence-corrected chi connectivity index (χ3v) is 4.92. The highest BCUT2D eigenvalue weighted by atomic mass is 32.1. The van der Waals surface area contributed by atoms with Gasteiger partial charge in [-0.15, -0.1) is 11.3 Å². The molecule has 2 aliphatic carbocycles. The average Bonchev–Trinajstić information content (AvgIpc) is 2.68. The van der Waals surface area contributed by atoms with E-state index in [9.17, 15) is 0 Å². The standard InChI is InChI=1S/C11H16N2S/c1-10(5-6-10)9-13-8(7-14-9)11(12)3-2-4-11/h7H,2-6,12H2,1H3. The molecule has 1 aromatic rings. The van der Waals surface area contributed by atoms with Gasteiger partial charge in [0.25, 0.3) is 0 Å². The lowest BCUT2D eigenvalue weighted by molar-refractivity contribution is 0.247. The van der Waals surface area contributed by atoms with Crippen molar-refractivity contribution in [3.05, 3.63) is 16.1 Å². The van der Waals surface area contributed by atoms with Gasteiger partial charge in [-0.05, 0) is 32.1 Å². The lowest BCUT2D eigenvalue weighted by Crippen LogP contribution is -2.43. The Bertz CT molecular complexity index is 361. The molecule has 2 nitrogen and oxygen atoms in total. The maximum atomic E-state index is 6.25. The SMILES string of the molecule is CC1(c2nc(C3(N)CCC3)cs2)CC1.